The molecular weight excluding hydrogens is 316 g/mol. The van der Waals surface area contributed by atoms with Gasteiger partial charge >= 0.3 is 0 Å². The number of hydrogen-bond donors (Lipinski definition) is 1. The second kappa shape index (κ2) is 6.33. The van der Waals surface area contributed by atoms with Crippen LogP contribution in [0.25, 0.3) is 0 Å². The minimum Gasteiger partial charge on any atom is -0.396 e. The predicted molar refractivity (Wildman–Crippen MR) is 87.2 cm³/mol. The summed E-state index contributed by atoms with van der Waals surface area (Å²) in [6.45, 7) is 1.93. The summed E-state index contributed by atoms with van der Waals surface area (Å²) < 4.78 is 25.2. The fourth-order valence-corrected chi connectivity index (χ4v) is 5.56. The lowest BCUT2D eigenvalue weighted by Gasteiger charge is -2.43. The molecule has 132 valence electrons. The third-order valence-electron chi connectivity index (χ3n) is 6.11. The van der Waals surface area contributed by atoms with Crippen molar-refractivity contribution in [2.24, 2.45) is 17.3 Å². The highest BCUT2D eigenvalue weighted by Gasteiger charge is 2.52. The molecule has 6 nitrogen and oxygen atoms in total. The Labute approximate surface area is 138 Å². The zero-order chi connectivity index (χ0) is 16.7. The molecule has 1 amide bonds. The Morgan fingerprint density at radius 2 is 1.91 bits per heavy atom. The molecule has 2 heterocycles. The van der Waals surface area contributed by atoms with Crippen molar-refractivity contribution in [3.8, 4) is 0 Å². The van der Waals surface area contributed by atoms with Gasteiger partial charge in [0.1, 0.15) is 0 Å². The standard InChI is InChI=1S/C16H28N2O4S/c1-23(21,22)18-9-14-6-7-17(10-16(14,11-18)12-19)15(20)8-13-4-2-3-5-13/h13-14,19H,2-12H2,1H3/t14-,16+/m0/s1. The van der Waals surface area contributed by atoms with Crippen molar-refractivity contribution in [1.29, 1.82) is 0 Å². The van der Waals surface area contributed by atoms with Gasteiger partial charge in [0.25, 0.3) is 0 Å². The summed E-state index contributed by atoms with van der Waals surface area (Å²) >= 11 is 0. The van der Waals surface area contributed by atoms with E-state index < -0.39 is 15.4 Å². The van der Waals surface area contributed by atoms with E-state index in [-0.39, 0.29) is 18.4 Å². The SMILES string of the molecule is CS(=O)(=O)N1C[C@@H]2CCN(C(=O)CC3CCCC3)C[C@]2(CO)C1. The van der Waals surface area contributed by atoms with Gasteiger partial charge in [-0.1, -0.05) is 12.8 Å². The molecule has 0 unspecified atom stereocenters. The molecule has 0 aromatic heterocycles. The number of fused-ring (bicyclic) bond motifs is 1. The zero-order valence-electron chi connectivity index (χ0n) is 13.9. The number of aliphatic hydroxyl groups is 1. The lowest BCUT2D eigenvalue weighted by Crippen LogP contribution is -2.52. The van der Waals surface area contributed by atoms with Crippen LogP contribution in [-0.4, -0.2) is 67.7 Å². The van der Waals surface area contributed by atoms with Crippen LogP contribution in [0.2, 0.25) is 0 Å². The monoisotopic (exact) mass is 344 g/mol. The first-order valence-electron chi connectivity index (χ1n) is 8.68. The summed E-state index contributed by atoms with van der Waals surface area (Å²) in [4.78, 5) is 14.5. The minimum atomic E-state index is -3.25. The molecule has 3 aliphatic rings. The van der Waals surface area contributed by atoms with Gasteiger partial charge in [-0.3, -0.25) is 4.79 Å². The van der Waals surface area contributed by atoms with E-state index in [1.807, 2.05) is 4.90 Å². The number of nitrogens with zero attached hydrogens (tertiary/aromatic N) is 2. The van der Waals surface area contributed by atoms with Crippen LogP contribution in [0, 0.1) is 17.3 Å². The number of amides is 1. The van der Waals surface area contributed by atoms with E-state index in [1.165, 1.54) is 23.4 Å². The number of likely N-dealkylation sites (tertiary alicyclic amines) is 1. The van der Waals surface area contributed by atoms with Crippen LogP contribution >= 0.6 is 0 Å². The lowest BCUT2D eigenvalue weighted by atomic mass is 9.74. The van der Waals surface area contributed by atoms with E-state index in [9.17, 15) is 18.3 Å². The van der Waals surface area contributed by atoms with Crippen LogP contribution in [0.5, 0.6) is 0 Å². The summed E-state index contributed by atoms with van der Waals surface area (Å²) in [6.07, 6.45) is 7.36. The number of carbonyl (C=O) groups is 1. The van der Waals surface area contributed by atoms with Crippen LogP contribution in [0.15, 0.2) is 0 Å². The van der Waals surface area contributed by atoms with Crippen LogP contribution in [0.1, 0.15) is 38.5 Å². The minimum absolute atomic E-state index is 0.0586. The van der Waals surface area contributed by atoms with Gasteiger partial charge in [-0.15, -0.1) is 0 Å². The van der Waals surface area contributed by atoms with Crippen molar-refractivity contribution < 1.29 is 18.3 Å². The summed E-state index contributed by atoms with van der Waals surface area (Å²) in [6, 6.07) is 0. The second-order valence-electron chi connectivity index (χ2n) is 7.73. The molecule has 3 fully saturated rings. The van der Waals surface area contributed by atoms with E-state index in [0.717, 1.165) is 19.3 Å². The molecule has 2 aliphatic heterocycles. The molecule has 1 aliphatic carbocycles. The fourth-order valence-electron chi connectivity index (χ4n) is 4.62. The Morgan fingerprint density at radius 3 is 2.52 bits per heavy atom. The predicted octanol–water partition coefficient (Wildman–Crippen LogP) is 0.669. The Morgan fingerprint density at radius 1 is 1.22 bits per heavy atom. The number of piperidine rings is 1. The molecule has 7 heteroatoms. The average molecular weight is 344 g/mol. The van der Waals surface area contributed by atoms with Crippen molar-refractivity contribution in [3.63, 3.8) is 0 Å². The van der Waals surface area contributed by atoms with Crippen molar-refractivity contribution in [2.45, 2.75) is 38.5 Å². The Bertz CT molecular complexity index is 558. The summed E-state index contributed by atoms with van der Waals surface area (Å²) in [5.74, 6) is 0.847. The molecule has 0 bridgehead atoms. The first-order valence-corrected chi connectivity index (χ1v) is 10.5. The number of sulfonamides is 1. The summed E-state index contributed by atoms with van der Waals surface area (Å²) in [5, 5.41) is 9.96. The number of aliphatic hydroxyl groups excluding tert-OH is 1. The summed E-state index contributed by atoms with van der Waals surface area (Å²) in [5.41, 5.74) is -0.479. The van der Waals surface area contributed by atoms with Crippen molar-refractivity contribution >= 4 is 15.9 Å². The van der Waals surface area contributed by atoms with Crippen molar-refractivity contribution in [3.05, 3.63) is 0 Å². The van der Waals surface area contributed by atoms with E-state index in [0.29, 0.717) is 38.5 Å². The number of carbonyl (C=O) groups excluding carboxylic acids is 1. The highest BCUT2D eigenvalue weighted by Crippen LogP contribution is 2.43. The maximum Gasteiger partial charge on any atom is 0.222 e. The summed E-state index contributed by atoms with van der Waals surface area (Å²) in [7, 11) is -3.25. The van der Waals surface area contributed by atoms with Gasteiger partial charge in [-0.25, -0.2) is 12.7 Å². The lowest BCUT2D eigenvalue weighted by molar-refractivity contribution is -0.137. The smallest absolute Gasteiger partial charge is 0.222 e. The molecule has 0 aromatic carbocycles. The highest BCUT2D eigenvalue weighted by molar-refractivity contribution is 7.88. The molecule has 3 rings (SSSR count). The Kier molecular flexibility index (Phi) is 4.73. The molecule has 2 saturated heterocycles. The molecule has 0 aromatic rings. The van der Waals surface area contributed by atoms with Gasteiger partial charge in [-0.2, -0.15) is 0 Å². The van der Waals surface area contributed by atoms with E-state index >= 15 is 0 Å². The number of hydrogen-bond acceptors (Lipinski definition) is 4. The molecule has 1 saturated carbocycles. The van der Waals surface area contributed by atoms with Crippen molar-refractivity contribution in [2.75, 3.05) is 39.0 Å². The molecular formula is C16H28N2O4S. The second-order valence-corrected chi connectivity index (χ2v) is 9.71. The van der Waals surface area contributed by atoms with Crippen LogP contribution < -0.4 is 0 Å². The van der Waals surface area contributed by atoms with E-state index in [1.54, 1.807) is 0 Å². The molecule has 0 radical (unpaired) electrons. The molecule has 23 heavy (non-hydrogen) atoms. The molecule has 0 spiro atoms. The molecule has 2 atom stereocenters. The van der Waals surface area contributed by atoms with E-state index in [2.05, 4.69) is 0 Å². The largest absolute Gasteiger partial charge is 0.396 e. The van der Waals surface area contributed by atoms with Crippen LogP contribution in [0.3, 0.4) is 0 Å². The first-order chi connectivity index (χ1) is 10.8. The fraction of sp³-hybridized carbons (Fsp3) is 0.938. The molecule has 1 N–H and O–H groups in total. The maximum absolute atomic E-state index is 12.6. The van der Waals surface area contributed by atoms with Gasteiger partial charge in [0, 0.05) is 38.0 Å². The Hall–Kier alpha value is -0.660. The van der Waals surface area contributed by atoms with Gasteiger partial charge in [0.05, 0.1) is 12.9 Å². The topological polar surface area (TPSA) is 77.9 Å². The van der Waals surface area contributed by atoms with Gasteiger partial charge in [0.2, 0.25) is 15.9 Å². The van der Waals surface area contributed by atoms with Gasteiger partial charge < -0.3 is 10.0 Å². The van der Waals surface area contributed by atoms with Gasteiger partial charge in [-0.05, 0) is 31.1 Å². The average Bonchev–Trinajstić information content (AvgIpc) is 3.12. The Balaban J connectivity index is 1.68. The number of rotatable bonds is 4. The third kappa shape index (κ3) is 3.42. The highest BCUT2D eigenvalue weighted by atomic mass is 32.2. The quantitative estimate of drug-likeness (QED) is 0.813. The van der Waals surface area contributed by atoms with Crippen molar-refractivity contribution in [1.82, 2.24) is 9.21 Å². The normalized spacial score (nSPS) is 33.1. The van der Waals surface area contributed by atoms with Gasteiger partial charge in [0.15, 0.2) is 0 Å². The van der Waals surface area contributed by atoms with Crippen LogP contribution in [-0.2, 0) is 14.8 Å². The maximum atomic E-state index is 12.6. The first kappa shape index (κ1) is 17.2. The zero-order valence-corrected chi connectivity index (χ0v) is 14.7. The third-order valence-corrected chi connectivity index (χ3v) is 7.33. The van der Waals surface area contributed by atoms with Crippen LogP contribution in [0.4, 0.5) is 0 Å². The van der Waals surface area contributed by atoms with E-state index in [4.69, 9.17) is 0 Å².